The minimum Gasteiger partial charge on any atom is -0.497 e. The highest BCUT2D eigenvalue weighted by Crippen LogP contribution is 2.27. The summed E-state index contributed by atoms with van der Waals surface area (Å²) in [6.45, 7) is 1.74. The molecule has 1 N–H and O–H groups in total. The first-order valence-corrected chi connectivity index (χ1v) is 14.5. The summed E-state index contributed by atoms with van der Waals surface area (Å²) in [6.07, 6.45) is 1.29. The number of hydrogen-bond acceptors (Lipinski definition) is 6. The highest BCUT2D eigenvalue weighted by atomic mass is 35.5. The number of ether oxygens (including phenoxy) is 1. The molecule has 8 nitrogen and oxygen atoms in total. The molecule has 0 atom stereocenters. The van der Waals surface area contributed by atoms with Gasteiger partial charge < -0.3 is 14.5 Å². The SMILES string of the molecule is COc1cccc(NC(=O)/C(C#N)=C\c2ccc(CN(Cc3ccc(Cl)c(Cl)c3)S(=O)(=O)c3ccc(C)cc3)o2)c1. The Morgan fingerprint density at radius 2 is 1.78 bits per heavy atom. The molecule has 11 heteroatoms. The van der Waals surface area contributed by atoms with E-state index < -0.39 is 15.9 Å². The Hall–Kier alpha value is -4.07. The van der Waals surface area contributed by atoms with Crippen LogP contribution in [0, 0.1) is 18.3 Å². The van der Waals surface area contributed by atoms with Crippen molar-refractivity contribution in [3.63, 3.8) is 0 Å². The minimum absolute atomic E-state index is 0.00857. The molecule has 0 saturated heterocycles. The van der Waals surface area contributed by atoms with Gasteiger partial charge >= 0.3 is 0 Å². The van der Waals surface area contributed by atoms with Gasteiger partial charge in [-0.1, -0.05) is 53.0 Å². The first kappa shape index (κ1) is 29.9. The number of nitrogens with one attached hydrogen (secondary N) is 1. The number of hydrogen-bond donors (Lipinski definition) is 1. The number of nitrogens with zero attached hydrogens (tertiary/aromatic N) is 2. The van der Waals surface area contributed by atoms with Crippen LogP contribution in [0.4, 0.5) is 5.69 Å². The Morgan fingerprint density at radius 3 is 2.46 bits per heavy atom. The number of carbonyl (C=O) groups excluding carboxylic acids is 1. The standard InChI is InChI=1S/C30H25Cl2N3O5S/c1-20-6-11-27(12-7-20)41(37,38)35(18-21-8-13-28(31)29(32)14-21)19-26-10-9-25(40-26)15-22(17-33)30(36)34-23-4-3-5-24(16-23)39-2/h3-16H,18-19H2,1-2H3,(H,34,36)/b22-15-. The van der Waals surface area contributed by atoms with E-state index in [9.17, 15) is 18.5 Å². The highest BCUT2D eigenvalue weighted by molar-refractivity contribution is 7.89. The zero-order chi connectivity index (χ0) is 29.6. The van der Waals surface area contributed by atoms with Gasteiger partial charge in [-0.05, 0) is 61.0 Å². The maximum absolute atomic E-state index is 13.7. The molecule has 0 bridgehead atoms. The third-order valence-electron chi connectivity index (χ3n) is 6.00. The van der Waals surface area contributed by atoms with Gasteiger partial charge in [-0.15, -0.1) is 0 Å². The first-order valence-electron chi connectivity index (χ1n) is 12.3. The quantitative estimate of drug-likeness (QED) is 0.155. The van der Waals surface area contributed by atoms with Crippen molar-refractivity contribution in [1.29, 1.82) is 5.26 Å². The minimum atomic E-state index is -3.95. The zero-order valence-electron chi connectivity index (χ0n) is 22.1. The van der Waals surface area contributed by atoms with Gasteiger partial charge in [0.2, 0.25) is 10.0 Å². The van der Waals surface area contributed by atoms with E-state index in [4.69, 9.17) is 32.4 Å². The molecule has 0 radical (unpaired) electrons. The number of methoxy groups -OCH3 is 1. The van der Waals surface area contributed by atoms with Crippen LogP contribution in [0.25, 0.3) is 6.08 Å². The lowest BCUT2D eigenvalue weighted by Crippen LogP contribution is -2.30. The van der Waals surface area contributed by atoms with Crippen LogP contribution >= 0.6 is 23.2 Å². The van der Waals surface area contributed by atoms with E-state index in [1.807, 2.05) is 13.0 Å². The summed E-state index contributed by atoms with van der Waals surface area (Å²) in [4.78, 5) is 12.8. The lowest BCUT2D eigenvalue weighted by molar-refractivity contribution is -0.112. The fraction of sp³-hybridized carbons (Fsp3) is 0.133. The van der Waals surface area contributed by atoms with Crippen molar-refractivity contribution in [3.05, 3.63) is 117 Å². The van der Waals surface area contributed by atoms with E-state index in [0.29, 0.717) is 32.8 Å². The van der Waals surface area contributed by atoms with Crippen molar-refractivity contribution in [1.82, 2.24) is 4.31 Å². The zero-order valence-corrected chi connectivity index (χ0v) is 24.4. The number of benzene rings is 3. The van der Waals surface area contributed by atoms with Gasteiger partial charge in [0.1, 0.15) is 28.9 Å². The van der Waals surface area contributed by atoms with E-state index in [0.717, 1.165) is 5.56 Å². The van der Waals surface area contributed by atoms with E-state index in [-0.39, 0.29) is 29.3 Å². The van der Waals surface area contributed by atoms with Gasteiger partial charge in [-0.25, -0.2) is 8.42 Å². The topological polar surface area (TPSA) is 113 Å². The first-order chi connectivity index (χ1) is 19.6. The molecule has 0 aliphatic carbocycles. The molecular weight excluding hydrogens is 585 g/mol. The van der Waals surface area contributed by atoms with Crippen LogP contribution < -0.4 is 10.1 Å². The summed E-state index contributed by atoms with van der Waals surface area (Å²) in [6, 6.07) is 23.2. The lowest BCUT2D eigenvalue weighted by Gasteiger charge is -2.22. The maximum atomic E-state index is 13.7. The van der Waals surface area contributed by atoms with Gasteiger partial charge in [0, 0.05) is 24.4 Å². The van der Waals surface area contributed by atoms with Crippen molar-refractivity contribution in [2.75, 3.05) is 12.4 Å². The maximum Gasteiger partial charge on any atom is 0.266 e. The number of amides is 1. The van der Waals surface area contributed by atoms with Crippen molar-refractivity contribution >= 4 is 50.9 Å². The molecule has 1 aromatic heterocycles. The number of halogens is 2. The average Bonchev–Trinajstić information content (AvgIpc) is 3.40. The molecule has 0 aliphatic heterocycles. The van der Waals surface area contributed by atoms with Crippen molar-refractivity contribution in [2.24, 2.45) is 0 Å². The van der Waals surface area contributed by atoms with Gasteiger partial charge in [-0.2, -0.15) is 9.57 Å². The third-order valence-corrected chi connectivity index (χ3v) is 8.54. The number of sulfonamides is 1. The Labute approximate surface area is 248 Å². The van der Waals surface area contributed by atoms with Crippen molar-refractivity contribution < 1.29 is 22.4 Å². The van der Waals surface area contributed by atoms with Crippen LogP contribution in [0.2, 0.25) is 10.0 Å². The summed E-state index contributed by atoms with van der Waals surface area (Å²) in [7, 11) is -2.45. The molecular formula is C30H25Cl2N3O5S. The molecule has 1 amide bonds. The molecule has 0 spiro atoms. The number of carbonyl (C=O) groups is 1. The molecule has 210 valence electrons. The van der Waals surface area contributed by atoms with Crippen LogP contribution in [0.3, 0.4) is 0 Å². The predicted molar refractivity (Wildman–Crippen MR) is 158 cm³/mol. The van der Waals surface area contributed by atoms with Crippen LogP contribution in [-0.2, 0) is 27.9 Å². The van der Waals surface area contributed by atoms with Gasteiger partial charge in [0.05, 0.1) is 28.6 Å². The van der Waals surface area contributed by atoms with Gasteiger partial charge in [0.15, 0.2) is 0 Å². The predicted octanol–water partition coefficient (Wildman–Crippen LogP) is 6.84. The van der Waals surface area contributed by atoms with Crippen molar-refractivity contribution in [3.8, 4) is 11.8 Å². The van der Waals surface area contributed by atoms with Crippen LogP contribution in [0.15, 0.2) is 93.7 Å². The fourth-order valence-electron chi connectivity index (χ4n) is 3.85. The Balaban J connectivity index is 1.59. The summed E-state index contributed by atoms with van der Waals surface area (Å²) >= 11 is 12.2. The Morgan fingerprint density at radius 1 is 1.02 bits per heavy atom. The summed E-state index contributed by atoms with van der Waals surface area (Å²) in [5.41, 5.74) is 1.80. The Kier molecular flexibility index (Phi) is 9.53. The molecule has 3 aromatic carbocycles. The second-order valence-electron chi connectivity index (χ2n) is 8.99. The molecule has 4 aromatic rings. The van der Waals surface area contributed by atoms with Gasteiger partial charge in [-0.3, -0.25) is 4.79 Å². The lowest BCUT2D eigenvalue weighted by atomic mass is 10.2. The van der Waals surface area contributed by atoms with Crippen molar-refractivity contribution in [2.45, 2.75) is 24.9 Å². The molecule has 0 aliphatic rings. The van der Waals surface area contributed by atoms with E-state index >= 15 is 0 Å². The number of rotatable bonds is 10. The molecule has 1 heterocycles. The second-order valence-corrected chi connectivity index (χ2v) is 11.7. The smallest absolute Gasteiger partial charge is 0.266 e. The monoisotopic (exact) mass is 609 g/mol. The summed E-state index contributed by atoms with van der Waals surface area (Å²) < 4.78 is 39.5. The van der Waals surface area contributed by atoms with Crippen LogP contribution in [-0.4, -0.2) is 25.7 Å². The number of aryl methyl sites for hydroxylation is 1. The van der Waals surface area contributed by atoms with E-state index in [1.165, 1.54) is 17.5 Å². The number of anilines is 1. The molecule has 4 rings (SSSR count). The van der Waals surface area contributed by atoms with Crippen LogP contribution in [0.1, 0.15) is 22.6 Å². The van der Waals surface area contributed by atoms with Crippen LogP contribution in [0.5, 0.6) is 5.75 Å². The summed E-state index contributed by atoms with van der Waals surface area (Å²) in [5, 5.41) is 12.9. The fourth-order valence-corrected chi connectivity index (χ4v) is 5.56. The molecule has 0 unspecified atom stereocenters. The normalized spacial score (nSPS) is 11.8. The van der Waals surface area contributed by atoms with E-state index in [2.05, 4.69) is 5.32 Å². The van der Waals surface area contributed by atoms with E-state index in [1.54, 1.807) is 78.9 Å². The molecule has 0 fully saturated rings. The number of furan rings is 1. The Bertz CT molecular complexity index is 1740. The number of nitriles is 1. The third kappa shape index (κ3) is 7.57. The van der Waals surface area contributed by atoms with Gasteiger partial charge in [0.25, 0.3) is 5.91 Å². The highest BCUT2D eigenvalue weighted by Gasteiger charge is 2.26. The largest absolute Gasteiger partial charge is 0.497 e. The average molecular weight is 611 g/mol. The molecule has 41 heavy (non-hydrogen) atoms. The molecule has 0 saturated carbocycles. The summed E-state index contributed by atoms with van der Waals surface area (Å²) in [5.74, 6) is 0.422. The second kappa shape index (κ2) is 13.1.